The topological polar surface area (TPSA) is 67.6 Å². The average molecular weight is 324 g/mol. The lowest BCUT2D eigenvalue weighted by atomic mass is 10.3. The van der Waals surface area contributed by atoms with E-state index >= 15 is 0 Å². The van der Waals surface area contributed by atoms with E-state index < -0.39 is 6.10 Å². The van der Waals surface area contributed by atoms with Crippen molar-refractivity contribution in [2.24, 2.45) is 0 Å². The number of nitrogens with zero attached hydrogens (tertiary/aromatic N) is 3. The Morgan fingerprint density at radius 3 is 2.77 bits per heavy atom. The largest absolute Gasteiger partial charge is 0.389 e. The monoisotopic (exact) mass is 323 g/mol. The van der Waals surface area contributed by atoms with Gasteiger partial charge in [0.2, 0.25) is 0 Å². The van der Waals surface area contributed by atoms with E-state index in [4.69, 9.17) is 16.3 Å². The van der Waals surface area contributed by atoms with Gasteiger partial charge in [0.1, 0.15) is 0 Å². The molecule has 0 radical (unpaired) electrons. The van der Waals surface area contributed by atoms with Crippen LogP contribution in [-0.2, 0) is 4.74 Å². The molecular formula is C15H18ClN3O3. The number of aliphatic hydroxyl groups is 1. The first-order valence-corrected chi connectivity index (χ1v) is 7.12. The zero-order valence-electron chi connectivity index (χ0n) is 12.4. The predicted molar refractivity (Wildman–Crippen MR) is 83.4 cm³/mol. The number of aromatic nitrogens is 2. The third kappa shape index (κ3) is 4.07. The molecule has 1 amide bonds. The molecule has 118 valence electrons. The minimum absolute atomic E-state index is 0.182. The molecule has 0 aliphatic carbocycles. The van der Waals surface area contributed by atoms with Crippen molar-refractivity contribution in [2.75, 3.05) is 27.3 Å². The summed E-state index contributed by atoms with van der Waals surface area (Å²) in [5.74, 6) is -0.213. The summed E-state index contributed by atoms with van der Waals surface area (Å²) >= 11 is 5.85. The second-order valence-corrected chi connectivity index (χ2v) is 5.38. The molecule has 7 heteroatoms. The Morgan fingerprint density at radius 2 is 2.14 bits per heavy atom. The first kappa shape index (κ1) is 16.5. The van der Waals surface area contributed by atoms with Crippen LogP contribution < -0.4 is 0 Å². The Labute approximate surface area is 133 Å². The summed E-state index contributed by atoms with van der Waals surface area (Å²) in [5.41, 5.74) is 1.26. The first-order chi connectivity index (χ1) is 10.5. The molecule has 0 bridgehead atoms. The van der Waals surface area contributed by atoms with Crippen molar-refractivity contribution >= 4 is 17.5 Å². The van der Waals surface area contributed by atoms with Gasteiger partial charge in [0, 0.05) is 31.9 Å². The van der Waals surface area contributed by atoms with Gasteiger partial charge in [0.05, 0.1) is 30.2 Å². The quantitative estimate of drug-likeness (QED) is 0.877. The number of methoxy groups -OCH3 is 1. The fourth-order valence-corrected chi connectivity index (χ4v) is 2.16. The fourth-order valence-electron chi connectivity index (χ4n) is 2.03. The van der Waals surface area contributed by atoms with Crippen molar-refractivity contribution in [3.8, 4) is 5.69 Å². The van der Waals surface area contributed by atoms with E-state index in [1.54, 1.807) is 30.1 Å². The molecule has 2 aromatic rings. The van der Waals surface area contributed by atoms with Crippen molar-refractivity contribution in [2.45, 2.75) is 6.10 Å². The number of amides is 1. The molecule has 0 saturated carbocycles. The maximum atomic E-state index is 12.3. The minimum Gasteiger partial charge on any atom is -0.389 e. The summed E-state index contributed by atoms with van der Waals surface area (Å²) in [4.78, 5) is 13.7. The van der Waals surface area contributed by atoms with Gasteiger partial charge in [-0.2, -0.15) is 5.10 Å². The number of halogens is 1. The van der Waals surface area contributed by atoms with Crippen LogP contribution >= 0.6 is 11.6 Å². The minimum atomic E-state index is -0.717. The van der Waals surface area contributed by atoms with Crippen LogP contribution in [0.1, 0.15) is 10.4 Å². The number of carbonyl (C=O) groups excluding carboxylic acids is 1. The van der Waals surface area contributed by atoms with Gasteiger partial charge >= 0.3 is 0 Å². The van der Waals surface area contributed by atoms with Crippen LogP contribution in [0.2, 0.25) is 5.02 Å². The number of hydrogen-bond donors (Lipinski definition) is 1. The molecular weight excluding hydrogens is 306 g/mol. The van der Waals surface area contributed by atoms with Gasteiger partial charge in [-0.25, -0.2) is 4.68 Å². The van der Waals surface area contributed by atoms with Gasteiger partial charge in [0.15, 0.2) is 0 Å². The fraction of sp³-hybridized carbons (Fsp3) is 0.333. The molecule has 1 aromatic carbocycles. The Hall–Kier alpha value is -1.89. The Kier molecular flexibility index (Phi) is 5.54. The third-order valence-corrected chi connectivity index (χ3v) is 3.36. The molecule has 6 nitrogen and oxygen atoms in total. The summed E-state index contributed by atoms with van der Waals surface area (Å²) in [6.45, 7) is 0.375. The Balaban J connectivity index is 2.07. The number of aliphatic hydroxyl groups excluding tert-OH is 1. The van der Waals surface area contributed by atoms with E-state index in [0.717, 1.165) is 5.69 Å². The zero-order chi connectivity index (χ0) is 16.1. The summed E-state index contributed by atoms with van der Waals surface area (Å²) < 4.78 is 6.45. The van der Waals surface area contributed by atoms with Crippen molar-refractivity contribution < 1.29 is 14.6 Å². The lowest BCUT2D eigenvalue weighted by Crippen LogP contribution is -2.36. The highest BCUT2D eigenvalue weighted by atomic mass is 35.5. The summed E-state index contributed by atoms with van der Waals surface area (Å²) in [5, 5.41) is 14.5. The normalized spacial score (nSPS) is 12.2. The number of carbonyl (C=O) groups is 1. The van der Waals surface area contributed by atoms with Gasteiger partial charge in [-0.1, -0.05) is 11.6 Å². The number of benzene rings is 1. The molecule has 22 heavy (non-hydrogen) atoms. The highest BCUT2D eigenvalue weighted by Crippen LogP contribution is 2.14. The van der Waals surface area contributed by atoms with E-state index in [1.165, 1.54) is 18.2 Å². The molecule has 1 heterocycles. The van der Waals surface area contributed by atoms with E-state index in [0.29, 0.717) is 10.6 Å². The molecule has 2 rings (SSSR count). The van der Waals surface area contributed by atoms with Gasteiger partial charge in [0.25, 0.3) is 5.91 Å². The summed E-state index contributed by atoms with van der Waals surface area (Å²) in [6, 6.07) is 7.14. The third-order valence-electron chi connectivity index (χ3n) is 3.11. The van der Waals surface area contributed by atoms with Gasteiger partial charge < -0.3 is 14.7 Å². The predicted octanol–water partition coefficient (Wildman–Crippen LogP) is 1.61. The molecule has 1 unspecified atom stereocenters. The number of likely N-dealkylation sites (N-methyl/N-ethyl adjacent to an activating group) is 1. The second-order valence-electron chi connectivity index (χ2n) is 4.94. The number of hydrogen-bond acceptors (Lipinski definition) is 4. The highest BCUT2D eigenvalue weighted by molar-refractivity contribution is 6.30. The molecule has 1 N–H and O–H groups in total. The maximum absolute atomic E-state index is 12.3. The van der Waals surface area contributed by atoms with Crippen LogP contribution in [0.15, 0.2) is 36.7 Å². The van der Waals surface area contributed by atoms with E-state index in [9.17, 15) is 9.90 Å². The van der Waals surface area contributed by atoms with Crippen LogP contribution in [-0.4, -0.2) is 59.1 Å². The number of ether oxygens (including phenoxy) is 1. The van der Waals surface area contributed by atoms with E-state index in [1.807, 2.05) is 12.1 Å². The van der Waals surface area contributed by atoms with Crippen molar-refractivity contribution in [3.63, 3.8) is 0 Å². The maximum Gasteiger partial charge on any atom is 0.256 e. The standard InChI is InChI=1S/C15H18ClN3O3/c1-18(9-14(20)10-22-2)15(21)11-7-17-19(8-11)13-5-3-12(16)4-6-13/h3-8,14,20H,9-10H2,1-2H3. The smallest absolute Gasteiger partial charge is 0.256 e. The van der Waals surface area contributed by atoms with Crippen LogP contribution in [0.4, 0.5) is 0 Å². The SMILES string of the molecule is COCC(O)CN(C)C(=O)c1cnn(-c2ccc(Cl)cc2)c1. The second kappa shape index (κ2) is 7.40. The molecule has 0 aliphatic heterocycles. The van der Waals surface area contributed by atoms with Crippen LogP contribution in [0.5, 0.6) is 0 Å². The Bertz CT molecular complexity index is 627. The number of rotatable bonds is 6. The van der Waals surface area contributed by atoms with Gasteiger partial charge in [-0.05, 0) is 24.3 Å². The molecule has 1 atom stereocenters. The molecule has 0 saturated heterocycles. The highest BCUT2D eigenvalue weighted by Gasteiger charge is 2.17. The van der Waals surface area contributed by atoms with Crippen LogP contribution in [0.25, 0.3) is 5.69 Å². The lowest BCUT2D eigenvalue weighted by molar-refractivity contribution is 0.0380. The summed E-state index contributed by atoms with van der Waals surface area (Å²) in [7, 11) is 3.13. The van der Waals surface area contributed by atoms with Gasteiger partial charge in [-0.15, -0.1) is 0 Å². The van der Waals surface area contributed by atoms with Crippen LogP contribution in [0.3, 0.4) is 0 Å². The van der Waals surface area contributed by atoms with Gasteiger partial charge in [-0.3, -0.25) is 4.79 Å². The average Bonchev–Trinajstić information content (AvgIpc) is 2.97. The molecule has 0 aliphatic rings. The first-order valence-electron chi connectivity index (χ1n) is 6.74. The Morgan fingerprint density at radius 1 is 1.45 bits per heavy atom. The zero-order valence-corrected chi connectivity index (χ0v) is 13.2. The van der Waals surface area contributed by atoms with Crippen molar-refractivity contribution in [1.82, 2.24) is 14.7 Å². The van der Waals surface area contributed by atoms with E-state index in [2.05, 4.69) is 5.10 Å². The summed E-state index contributed by atoms with van der Waals surface area (Å²) in [6.07, 6.45) is 2.42. The van der Waals surface area contributed by atoms with Crippen molar-refractivity contribution in [1.29, 1.82) is 0 Å². The van der Waals surface area contributed by atoms with E-state index in [-0.39, 0.29) is 19.1 Å². The molecule has 0 spiro atoms. The van der Waals surface area contributed by atoms with Crippen LogP contribution in [0, 0.1) is 0 Å². The molecule has 1 aromatic heterocycles. The lowest BCUT2D eigenvalue weighted by Gasteiger charge is -2.19. The van der Waals surface area contributed by atoms with Crippen molar-refractivity contribution in [3.05, 3.63) is 47.2 Å². The molecule has 0 fully saturated rings.